The Kier molecular flexibility index (Phi) is 4.76. The molecule has 0 amide bonds. The lowest BCUT2D eigenvalue weighted by molar-refractivity contribution is 0.0929. The number of hydrogen-bond donors (Lipinski definition) is 1. The number of benzene rings is 1. The molecule has 1 saturated heterocycles. The van der Waals surface area contributed by atoms with E-state index in [2.05, 4.69) is 11.5 Å². The Morgan fingerprint density at radius 2 is 2.05 bits per heavy atom. The van der Waals surface area contributed by atoms with Gasteiger partial charge in [0.25, 0.3) is 0 Å². The van der Waals surface area contributed by atoms with Crippen LogP contribution in [0.4, 0.5) is 8.78 Å². The van der Waals surface area contributed by atoms with E-state index < -0.39 is 11.6 Å². The van der Waals surface area contributed by atoms with Crippen LogP contribution in [0.5, 0.6) is 0 Å². The lowest BCUT2D eigenvalue weighted by Gasteiger charge is -2.35. The summed E-state index contributed by atoms with van der Waals surface area (Å²) in [5.41, 5.74) is 1.32. The van der Waals surface area contributed by atoms with Gasteiger partial charge in [0.2, 0.25) is 0 Å². The minimum Gasteiger partial charge on any atom is -0.393 e. The SMILES string of the molecule is C=C(C(C)Cc1cccc(F)c1F)N1CCC(O)CC1. The third-order valence-corrected chi connectivity index (χ3v) is 4.00. The topological polar surface area (TPSA) is 23.5 Å². The number of aliphatic hydroxyl groups excluding tert-OH is 1. The molecule has 0 aliphatic carbocycles. The smallest absolute Gasteiger partial charge is 0.162 e. The Bertz CT molecular complexity index is 481. The number of rotatable bonds is 4. The fourth-order valence-electron chi connectivity index (χ4n) is 2.62. The normalized spacial score (nSPS) is 18.1. The molecule has 1 aliphatic rings. The summed E-state index contributed by atoms with van der Waals surface area (Å²) in [7, 11) is 0. The lowest BCUT2D eigenvalue weighted by Crippen LogP contribution is -2.36. The molecule has 1 fully saturated rings. The largest absolute Gasteiger partial charge is 0.393 e. The fraction of sp³-hybridized carbons (Fsp3) is 0.500. The summed E-state index contributed by atoms with van der Waals surface area (Å²) < 4.78 is 26.9. The van der Waals surface area contributed by atoms with E-state index in [9.17, 15) is 13.9 Å². The second kappa shape index (κ2) is 6.35. The van der Waals surface area contributed by atoms with E-state index in [4.69, 9.17) is 0 Å². The Morgan fingerprint density at radius 3 is 2.70 bits per heavy atom. The van der Waals surface area contributed by atoms with Crippen LogP contribution in [0.3, 0.4) is 0 Å². The van der Waals surface area contributed by atoms with Gasteiger partial charge in [0.15, 0.2) is 11.6 Å². The maximum Gasteiger partial charge on any atom is 0.162 e. The summed E-state index contributed by atoms with van der Waals surface area (Å²) in [6, 6.07) is 4.27. The molecule has 0 aromatic heterocycles. The monoisotopic (exact) mass is 281 g/mol. The molecule has 1 N–H and O–H groups in total. The molecule has 0 radical (unpaired) electrons. The molecule has 0 spiro atoms. The second-order valence-corrected chi connectivity index (χ2v) is 5.53. The molecule has 2 nitrogen and oxygen atoms in total. The molecular formula is C16H21F2NO. The summed E-state index contributed by atoms with van der Waals surface area (Å²) >= 11 is 0. The van der Waals surface area contributed by atoms with E-state index >= 15 is 0 Å². The van der Waals surface area contributed by atoms with Crippen LogP contribution >= 0.6 is 0 Å². The van der Waals surface area contributed by atoms with E-state index in [0.717, 1.165) is 37.7 Å². The summed E-state index contributed by atoms with van der Waals surface area (Å²) in [6.07, 6.45) is 1.68. The first-order chi connectivity index (χ1) is 9.49. The average molecular weight is 281 g/mol. The summed E-state index contributed by atoms with van der Waals surface area (Å²) in [4.78, 5) is 2.13. The number of halogens is 2. The second-order valence-electron chi connectivity index (χ2n) is 5.53. The van der Waals surface area contributed by atoms with Crippen LogP contribution in [-0.2, 0) is 6.42 Å². The van der Waals surface area contributed by atoms with Crippen molar-refractivity contribution in [1.29, 1.82) is 0 Å². The standard InChI is InChI=1S/C16H21F2NO/c1-11(10-13-4-3-5-15(17)16(13)18)12(2)19-8-6-14(20)7-9-19/h3-5,11,14,20H,2,6-10H2,1H3. The number of nitrogens with zero attached hydrogens (tertiary/aromatic N) is 1. The van der Waals surface area contributed by atoms with Crippen molar-refractivity contribution in [3.63, 3.8) is 0 Å². The third kappa shape index (κ3) is 3.37. The van der Waals surface area contributed by atoms with Crippen LogP contribution in [0, 0.1) is 17.6 Å². The van der Waals surface area contributed by atoms with Gasteiger partial charge in [-0.3, -0.25) is 0 Å². The van der Waals surface area contributed by atoms with Crippen LogP contribution in [0.25, 0.3) is 0 Å². The van der Waals surface area contributed by atoms with Crippen LogP contribution < -0.4 is 0 Å². The van der Waals surface area contributed by atoms with Gasteiger partial charge in [-0.2, -0.15) is 0 Å². The maximum absolute atomic E-state index is 13.7. The van der Waals surface area contributed by atoms with Crippen molar-refractivity contribution < 1.29 is 13.9 Å². The van der Waals surface area contributed by atoms with E-state index in [1.54, 1.807) is 6.07 Å². The van der Waals surface area contributed by atoms with Crippen molar-refractivity contribution in [3.05, 3.63) is 47.7 Å². The molecule has 1 aromatic rings. The van der Waals surface area contributed by atoms with Gasteiger partial charge < -0.3 is 10.0 Å². The first-order valence-corrected chi connectivity index (χ1v) is 7.03. The molecule has 110 valence electrons. The zero-order valence-corrected chi connectivity index (χ0v) is 11.8. The molecule has 0 saturated carbocycles. The molecule has 1 aliphatic heterocycles. The molecule has 0 bridgehead atoms. The Hall–Kier alpha value is -1.42. The number of likely N-dealkylation sites (tertiary alicyclic amines) is 1. The predicted octanol–water partition coefficient (Wildman–Crippen LogP) is 3.11. The molecule has 1 aromatic carbocycles. The number of aliphatic hydroxyl groups is 1. The highest BCUT2D eigenvalue weighted by molar-refractivity contribution is 5.21. The summed E-state index contributed by atoms with van der Waals surface area (Å²) in [5.74, 6) is -1.52. The number of hydrogen-bond acceptors (Lipinski definition) is 2. The van der Waals surface area contributed by atoms with Gasteiger partial charge in [0.05, 0.1) is 6.10 Å². The average Bonchev–Trinajstić information content (AvgIpc) is 2.44. The highest BCUT2D eigenvalue weighted by Crippen LogP contribution is 2.24. The predicted molar refractivity (Wildman–Crippen MR) is 75.2 cm³/mol. The third-order valence-electron chi connectivity index (χ3n) is 4.00. The minimum absolute atomic E-state index is 0.0431. The van der Waals surface area contributed by atoms with Crippen molar-refractivity contribution in [1.82, 2.24) is 4.90 Å². The highest BCUT2D eigenvalue weighted by atomic mass is 19.2. The van der Waals surface area contributed by atoms with Gasteiger partial charge in [-0.15, -0.1) is 0 Å². The first-order valence-electron chi connectivity index (χ1n) is 7.03. The first kappa shape index (κ1) is 15.0. The molecular weight excluding hydrogens is 260 g/mol. The van der Waals surface area contributed by atoms with Gasteiger partial charge >= 0.3 is 0 Å². The molecule has 1 unspecified atom stereocenters. The van der Waals surface area contributed by atoms with Gasteiger partial charge in [-0.25, -0.2) is 8.78 Å². The van der Waals surface area contributed by atoms with Crippen LogP contribution in [0.1, 0.15) is 25.3 Å². The molecule has 20 heavy (non-hydrogen) atoms. The van der Waals surface area contributed by atoms with E-state index in [-0.39, 0.29) is 12.0 Å². The Morgan fingerprint density at radius 1 is 1.40 bits per heavy atom. The van der Waals surface area contributed by atoms with Crippen LogP contribution in [0.15, 0.2) is 30.5 Å². The molecule has 1 atom stereocenters. The summed E-state index contributed by atoms with van der Waals surface area (Å²) in [6.45, 7) is 7.60. The zero-order chi connectivity index (χ0) is 14.7. The van der Waals surface area contributed by atoms with E-state index in [1.165, 1.54) is 6.07 Å². The summed E-state index contributed by atoms with van der Waals surface area (Å²) in [5, 5.41) is 9.50. The van der Waals surface area contributed by atoms with Crippen molar-refractivity contribution in [2.75, 3.05) is 13.1 Å². The van der Waals surface area contributed by atoms with Crippen LogP contribution in [0.2, 0.25) is 0 Å². The zero-order valence-electron chi connectivity index (χ0n) is 11.8. The highest BCUT2D eigenvalue weighted by Gasteiger charge is 2.22. The minimum atomic E-state index is -0.804. The number of allylic oxidation sites excluding steroid dienone is 1. The Labute approximate surface area is 118 Å². The van der Waals surface area contributed by atoms with E-state index in [1.807, 2.05) is 6.92 Å². The van der Waals surface area contributed by atoms with Gasteiger partial charge in [-0.05, 0) is 36.8 Å². The van der Waals surface area contributed by atoms with Crippen molar-refractivity contribution in [2.45, 2.75) is 32.3 Å². The van der Waals surface area contributed by atoms with Crippen molar-refractivity contribution >= 4 is 0 Å². The molecule has 2 rings (SSSR count). The number of piperidine rings is 1. The lowest BCUT2D eigenvalue weighted by atomic mass is 9.96. The fourth-order valence-corrected chi connectivity index (χ4v) is 2.62. The van der Waals surface area contributed by atoms with Gasteiger partial charge in [-0.1, -0.05) is 25.6 Å². The van der Waals surface area contributed by atoms with E-state index in [0.29, 0.717) is 12.0 Å². The maximum atomic E-state index is 13.7. The van der Waals surface area contributed by atoms with Crippen molar-refractivity contribution in [3.8, 4) is 0 Å². The Balaban J connectivity index is 1.99. The quantitative estimate of drug-likeness (QED) is 0.916. The van der Waals surface area contributed by atoms with Crippen LogP contribution in [-0.4, -0.2) is 29.2 Å². The molecule has 1 heterocycles. The van der Waals surface area contributed by atoms with Gasteiger partial charge in [0.1, 0.15) is 0 Å². The molecule has 4 heteroatoms. The van der Waals surface area contributed by atoms with Crippen molar-refractivity contribution in [2.24, 2.45) is 5.92 Å². The van der Waals surface area contributed by atoms with Gasteiger partial charge in [0, 0.05) is 18.8 Å².